The standard InChI is InChI=1S/C23H34ClFO/c1-3-5-16-6-8-17(9-7-16)18-10-12-19(13-11-18)20-14-15-21(26-4-2)22(24)23(20)25/h14-19H,3-13H2,1-2H3/t16-,17-,18-,19-. The van der Waals surface area contributed by atoms with Crippen LogP contribution in [-0.4, -0.2) is 6.61 Å². The van der Waals surface area contributed by atoms with Crippen LogP contribution >= 0.6 is 11.6 Å². The Bertz CT molecular complexity index is 572. The Morgan fingerprint density at radius 2 is 1.58 bits per heavy atom. The molecule has 1 aromatic rings. The van der Waals surface area contributed by atoms with Crippen molar-refractivity contribution < 1.29 is 9.13 Å². The average molecular weight is 381 g/mol. The minimum absolute atomic E-state index is 0.153. The molecule has 0 aromatic heterocycles. The van der Waals surface area contributed by atoms with E-state index in [1.807, 2.05) is 19.1 Å². The molecule has 3 rings (SSSR count). The maximum absolute atomic E-state index is 14.7. The van der Waals surface area contributed by atoms with Gasteiger partial charge in [0.1, 0.15) is 16.6 Å². The Morgan fingerprint density at radius 1 is 0.962 bits per heavy atom. The predicted molar refractivity (Wildman–Crippen MR) is 108 cm³/mol. The van der Waals surface area contributed by atoms with Gasteiger partial charge in [0.05, 0.1) is 6.61 Å². The van der Waals surface area contributed by atoms with E-state index in [1.54, 1.807) is 0 Å². The highest BCUT2D eigenvalue weighted by Crippen LogP contribution is 2.45. The summed E-state index contributed by atoms with van der Waals surface area (Å²) in [6.07, 6.45) is 13.1. The molecule has 0 unspecified atom stereocenters. The Hall–Kier alpha value is -0.760. The fourth-order valence-corrected chi connectivity index (χ4v) is 5.61. The zero-order chi connectivity index (χ0) is 18.5. The molecule has 0 spiro atoms. The van der Waals surface area contributed by atoms with Crippen molar-refractivity contribution in [2.24, 2.45) is 17.8 Å². The van der Waals surface area contributed by atoms with Gasteiger partial charge in [-0.2, -0.15) is 0 Å². The van der Waals surface area contributed by atoms with Crippen LogP contribution < -0.4 is 4.74 Å². The van der Waals surface area contributed by atoms with Crippen LogP contribution in [0.5, 0.6) is 5.75 Å². The zero-order valence-corrected chi connectivity index (χ0v) is 17.2. The largest absolute Gasteiger partial charge is 0.492 e. The molecular formula is C23H34ClFO. The first-order chi connectivity index (χ1) is 12.6. The van der Waals surface area contributed by atoms with Gasteiger partial charge in [0, 0.05) is 0 Å². The molecule has 2 aliphatic carbocycles. The fraction of sp³-hybridized carbons (Fsp3) is 0.739. The summed E-state index contributed by atoms with van der Waals surface area (Å²) in [4.78, 5) is 0. The maximum Gasteiger partial charge on any atom is 0.149 e. The quantitative estimate of drug-likeness (QED) is 0.490. The van der Waals surface area contributed by atoms with Crippen molar-refractivity contribution in [1.29, 1.82) is 0 Å². The zero-order valence-electron chi connectivity index (χ0n) is 16.4. The third-order valence-electron chi connectivity index (χ3n) is 6.84. The second-order valence-corrected chi connectivity index (χ2v) is 8.77. The number of rotatable bonds is 6. The summed E-state index contributed by atoms with van der Waals surface area (Å²) in [5, 5.41) is 0.153. The lowest BCUT2D eigenvalue weighted by Gasteiger charge is -2.38. The van der Waals surface area contributed by atoms with Gasteiger partial charge in [-0.3, -0.25) is 0 Å². The normalized spacial score (nSPS) is 29.5. The van der Waals surface area contributed by atoms with Gasteiger partial charge >= 0.3 is 0 Å². The Balaban J connectivity index is 1.55. The van der Waals surface area contributed by atoms with E-state index in [9.17, 15) is 4.39 Å². The van der Waals surface area contributed by atoms with Crippen LogP contribution in [0.1, 0.15) is 89.5 Å². The molecule has 0 amide bonds. The number of ether oxygens (including phenoxy) is 1. The minimum Gasteiger partial charge on any atom is -0.492 e. The predicted octanol–water partition coefficient (Wildman–Crippen LogP) is 7.76. The van der Waals surface area contributed by atoms with Crippen molar-refractivity contribution in [1.82, 2.24) is 0 Å². The summed E-state index contributed by atoms with van der Waals surface area (Å²) in [5.74, 6) is 3.27. The monoisotopic (exact) mass is 380 g/mol. The van der Waals surface area contributed by atoms with Gasteiger partial charge in [0.25, 0.3) is 0 Å². The third kappa shape index (κ3) is 4.55. The van der Waals surface area contributed by atoms with Gasteiger partial charge in [0.2, 0.25) is 0 Å². The second kappa shape index (κ2) is 9.44. The number of hydrogen-bond acceptors (Lipinski definition) is 1. The fourth-order valence-electron chi connectivity index (χ4n) is 5.39. The van der Waals surface area contributed by atoms with Crippen molar-refractivity contribution in [3.8, 4) is 5.75 Å². The minimum atomic E-state index is -0.263. The molecule has 2 fully saturated rings. The smallest absolute Gasteiger partial charge is 0.149 e. The molecule has 1 aromatic carbocycles. The maximum atomic E-state index is 14.7. The molecule has 0 aliphatic heterocycles. The Kier molecular flexibility index (Phi) is 7.26. The lowest BCUT2D eigenvalue weighted by atomic mass is 9.68. The molecule has 0 radical (unpaired) electrons. The van der Waals surface area contributed by atoms with Gasteiger partial charge in [-0.15, -0.1) is 0 Å². The lowest BCUT2D eigenvalue weighted by Crippen LogP contribution is -2.25. The number of benzene rings is 1. The topological polar surface area (TPSA) is 9.23 Å². The molecule has 2 saturated carbocycles. The van der Waals surface area contributed by atoms with Gasteiger partial charge in [0.15, 0.2) is 0 Å². The van der Waals surface area contributed by atoms with Crippen molar-refractivity contribution in [3.63, 3.8) is 0 Å². The van der Waals surface area contributed by atoms with E-state index in [2.05, 4.69) is 6.92 Å². The lowest BCUT2D eigenvalue weighted by molar-refractivity contribution is 0.156. The summed E-state index contributed by atoms with van der Waals surface area (Å²) in [6, 6.07) is 3.73. The first-order valence-corrected chi connectivity index (χ1v) is 11.1. The molecule has 0 bridgehead atoms. The Labute approximate surface area is 163 Å². The van der Waals surface area contributed by atoms with Crippen LogP contribution in [0.4, 0.5) is 4.39 Å². The van der Waals surface area contributed by atoms with E-state index < -0.39 is 0 Å². The first kappa shape index (κ1) is 20.0. The summed E-state index contributed by atoms with van der Waals surface area (Å²) < 4.78 is 20.1. The van der Waals surface area contributed by atoms with Crippen LogP contribution in [-0.2, 0) is 0 Å². The van der Waals surface area contributed by atoms with E-state index in [-0.39, 0.29) is 10.8 Å². The van der Waals surface area contributed by atoms with Crippen molar-refractivity contribution in [2.75, 3.05) is 6.61 Å². The van der Waals surface area contributed by atoms with Crippen LogP contribution in [0.15, 0.2) is 12.1 Å². The van der Waals surface area contributed by atoms with E-state index in [1.165, 1.54) is 51.4 Å². The molecule has 0 atom stereocenters. The van der Waals surface area contributed by atoms with Crippen molar-refractivity contribution >= 4 is 11.6 Å². The molecule has 0 saturated heterocycles. The van der Waals surface area contributed by atoms with Gasteiger partial charge in [-0.25, -0.2) is 4.39 Å². The molecule has 3 heteroatoms. The number of hydrogen-bond donors (Lipinski definition) is 0. The third-order valence-corrected chi connectivity index (χ3v) is 7.20. The molecule has 0 N–H and O–H groups in total. The Morgan fingerprint density at radius 3 is 2.15 bits per heavy atom. The second-order valence-electron chi connectivity index (χ2n) is 8.40. The van der Waals surface area contributed by atoms with E-state index in [0.717, 1.165) is 36.2 Å². The SMILES string of the molecule is CCC[C@H]1CC[C@H]([C@H]2CC[C@H](c3ccc(OCC)c(Cl)c3F)CC2)CC1. The van der Waals surface area contributed by atoms with Gasteiger partial charge < -0.3 is 4.74 Å². The van der Waals surface area contributed by atoms with Crippen LogP contribution in [0, 0.1) is 23.6 Å². The highest BCUT2D eigenvalue weighted by molar-refractivity contribution is 6.32. The first-order valence-electron chi connectivity index (χ1n) is 10.7. The number of halogens is 2. The van der Waals surface area contributed by atoms with E-state index in [0.29, 0.717) is 18.3 Å². The van der Waals surface area contributed by atoms with Gasteiger partial charge in [-0.1, -0.05) is 50.3 Å². The summed E-state index contributed by atoms with van der Waals surface area (Å²) in [7, 11) is 0. The molecular weight excluding hydrogens is 347 g/mol. The van der Waals surface area contributed by atoms with Crippen molar-refractivity contribution in [2.45, 2.75) is 84.0 Å². The molecule has 0 heterocycles. The summed E-state index contributed by atoms with van der Waals surface area (Å²) >= 11 is 6.19. The van der Waals surface area contributed by atoms with Gasteiger partial charge in [-0.05, 0) is 80.8 Å². The molecule has 26 heavy (non-hydrogen) atoms. The molecule has 2 aliphatic rings. The average Bonchev–Trinajstić information content (AvgIpc) is 2.67. The molecule has 146 valence electrons. The van der Waals surface area contributed by atoms with Crippen molar-refractivity contribution in [3.05, 3.63) is 28.5 Å². The summed E-state index contributed by atoms with van der Waals surface area (Å²) in [5.41, 5.74) is 0.795. The van der Waals surface area contributed by atoms with Crippen LogP contribution in [0.2, 0.25) is 5.02 Å². The van der Waals surface area contributed by atoms with Crippen LogP contribution in [0.3, 0.4) is 0 Å². The highest BCUT2D eigenvalue weighted by Gasteiger charge is 2.32. The van der Waals surface area contributed by atoms with E-state index in [4.69, 9.17) is 16.3 Å². The highest BCUT2D eigenvalue weighted by atomic mass is 35.5. The van der Waals surface area contributed by atoms with Crippen LogP contribution in [0.25, 0.3) is 0 Å². The van der Waals surface area contributed by atoms with E-state index >= 15 is 0 Å². The summed E-state index contributed by atoms with van der Waals surface area (Å²) in [6.45, 7) is 4.70. The molecule has 1 nitrogen and oxygen atoms in total.